The van der Waals surface area contributed by atoms with Crippen molar-refractivity contribution < 1.29 is 9.94 Å². The lowest BCUT2D eigenvalue weighted by atomic mass is 10.0. The zero-order chi connectivity index (χ0) is 23.8. The van der Waals surface area contributed by atoms with Crippen LogP contribution in [0.2, 0.25) is 0 Å². The highest BCUT2D eigenvalue weighted by Gasteiger charge is 2.29. The predicted octanol–water partition coefficient (Wildman–Crippen LogP) is 1.50. The fourth-order valence-corrected chi connectivity index (χ4v) is 4.37. The minimum Gasteiger partial charge on any atom is -0.389 e. The highest BCUT2D eigenvalue weighted by Crippen LogP contribution is 2.20. The Labute approximate surface area is 198 Å². The van der Waals surface area contributed by atoms with Gasteiger partial charge in [0.1, 0.15) is 6.61 Å². The average Bonchev–Trinajstić information content (AvgIpc) is 3.29. The van der Waals surface area contributed by atoms with E-state index in [1.165, 1.54) is 11.6 Å². The SMILES string of the molecule is O=c1cc(CCNc2ccc(C[C@@H]3CC[C@H](C(O)CONC4=CCCC=C4)N3)cc2)[nH]c(=O)[nH]1. The normalized spacial score (nSPS) is 20.7. The van der Waals surface area contributed by atoms with E-state index < -0.39 is 17.4 Å². The third kappa shape index (κ3) is 7.18. The molecule has 0 amide bonds. The molecule has 2 aromatic rings. The van der Waals surface area contributed by atoms with Gasteiger partial charge in [0.15, 0.2) is 0 Å². The Bertz CT molecular complexity index is 1080. The Morgan fingerprint density at radius 2 is 1.97 bits per heavy atom. The number of aromatic nitrogens is 2. The number of aliphatic hydroxyl groups excluding tert-OH is 1. The fourth-order valence-electron chi connectivity index (χ4n) is 4.37. The third-order valence-electron chi connectivity index (χ3n) is 6.16. The Kier molecular flexibility index (Phi) is 8.35. The number of hydroxylamine groups is 1. The van der Waals surface area contributed by atoms with Crippen molar-refractivity contribution in [3.63, 3.8) is 0 Å². The van der Waals surface area contributed by atoms with Gasteiger partial charge in [-0.25, -0.2) is 4.79 Å². The zero-order valence-electron chi connectivity index (χ0n) is 19.2. The van der Waals surface area contributed by atoms with Crippen molar-refractivity contribution in [1.82, 2.24) is 20.8 Å². The van der Waals surface area contributed by atoms with E-state index in [9.17, 15) is 14.7 Å². The molecule has 1 fully saturated rings. The number of H-pyrrole nitrogens is 2. The van der Waals surface area contributed by atoms with E-state index in [1.54, 1.807) is 0 Å². The van der Waals surface area contributed by atoms with Crippen molar-refractivity contribution in [2.24, 2.45) is 0 Å². The van der Waals surface area contributed by atoms with E-state index in [2.05, 4.69) is 50.4 Å². The van der Waals surface area contributed by atoms with Crippen molar-refractivity contribution in [3.05, 3.63) is 86.4 Å². The van der Waals surface area contributed by atoms with Crippen LogP contribution in [-0.2, 0) is 17.7 Å². The molecule has 0 radical (unpaired) electrons. The van der Waals surface area contributed by atoms with E-state index in [0.717, 1.165) is 43.5 Å². The van der Waals surface area contributed by atoms with Gasteiger partial charge in [-0.2, -0.15) is 0 Å². The first-order valence-electron chi connectivity index (χ1n) is 11.9. The van der Waals surface area contributed by atoms with Crippen molar-refractivity contribution in [1.29, 1.82) is 0 Å². The largest absolute Gasteiger partial charge is 0.389 e. The van der Waals surface area contributed by atoms with Gasteiger partial charge in [-0.1, -0.05) is 24.3 Å². The molecular weight excluding hydrogens is 434 g/mol. The highest BCUT2D eigenvalue weighted by molar-refractivity contribution is 5.44. The maximum Gasteiger partial charge on any atom is 0.325 e. The molecule has 1 aliphatic heterocycles. The number of hydrogen-bond donors (Lipinski definition) is 6. The third-order valence-corrected chi connectivity index (χ3v) is 6.16. The minimum absolute atomic E-state index is 0.0280. The maximum absolute atomic E-state index is 11.4. The molecule has 4 rings (SSSR count). The monoisotopic (exact) mass is 467 g/mol. The summed E-state index contributed by atoms with van der Waals surface area (Å²) in [6.45, 7) is 0.841. The summed E-state index contributed by atoms with van der Waals surface area (Å²) in [5.74, 6) is 0. The molecule has 34 heavy (non-hydrogen) atoms. The molecule has 1 aromatic heterocycles. The van der Waals surface area contributed by atoms with Crippen LogP contribution in [0.5, 0.6) is 0 Å². The van der Waals surface area contributed by atoms with Crippen molar-refractivity contribution in [2.45, 2.75) is 56.7 Å². The van der Waals surface area contributed by atoms with E-state index in [1.807, 2.05) is 18.2 Å². The lowest BCUT2D eigenvalue weighted by Gasteiger charge is -2.21. The lowest BCUT2D eigenvalue weighted by molar-refractivity contribution is -0.0170. The predicted molar refractivity (Wildman–Crippen MR) is 132 cm³/mol. The van der Waals surface area contributed by atoms with Gasteiger partial charge in [-0.15, -0.1) is 0 Å². The molecule has 182 valence electrons. The van der Waals surface area contributed by atoms with Gasteiger partial charge in [0, 0.05) is 42.5 Å². The summed E-state index contributed by atoms with van der Waals surface area (Å²) >= 11 is 0. The Morgan fingerprint density at radius 1 is 1.12 bits per heavy atom. The van der Waals surface area contributed by atoms with Crippen LogP contribution in [0.3, 0.4) is 0 Å². The van der Waals surface area contributed by atoms with Crippen LogP contribution >= 0.6 is 0 Å². The number of rotatable bonds is 11. The molecule has 3 atom stereocenters. The van der Waals surface area contributed by atoms with Crippen molar-refractivity contribution in [3.8, 4) is 0 Å². The topological polar surface area (TPSA) is 131 Å². The smallest absolute Gasteiger partial charge is 0.325 e. The van der Waals surface area contributed by atoms with Crippen LogP contribution in [0.4, 0.5) is 5.69 Å². The first-order valence-corrected chi connectivity index (χ1v) is 11.9. The molecule has 0 spiro atoms. The molecule has 0 saturated carbocycles. The minimum atomic E-state index is -0.563. The molecule has 9 nitrogen and oxygen atoms in total. The van der Waals surface area contributed by atoms with Gasteiger partial charge in [-0.05, 0) is 55.9 Å². The first-order chi connectivity index (χ1) is 16.5. The molecule has 1 aliphatic carbocycles. The Morgan fingerprint density at radius 3 is 2.74 bits per heavy atom. The molecule has 2 heterocycles. The summed E-state index contributed by atoms with van der Waals surface area (Å²) in [7, 11) is 0. The maximum atomic E-state index is 11.4. The lowest BCUT2D eigenvalue weighted by Crippen LogP contribution is -2.42. The summed E-state index contributed by atoms with van der Waals surface area (Å²) in [5, 5.41) is 17.3. The second-order valence-corrected chi connectivity index (χ2v) is 8.86. The van der Waals surface area contributed by atoms with E-state index in [-0.39, 0.29) is 12.6 Å². The average molecular weight is 468 g/mol. The molecular formula is C25H33N5O4. The summed E-state index contributed by atoms with van der Waals surface area (Å²) < 4.78 is 0. The van der Waals surface area contributed by atoms with Gasteiger partial charge < -0.3 is 20.7 Å². The van der Waals surface area contributed by atoms with Gasteiger partial charge in [-0.3, -0.25) is 20.1 Å². The number of hydrogen-bond acceptors (Lipinski definition) is 7. The molecule has 1 saturated heterocycles. The van der Waals surface area contributed by atoms with Crippen LogP contribution in [0.1, 0.15) is 36.9 Å². The van der Waals surface area contributed by atoms with E-state index >= 15 is 0 Å². The second kappa shape index (κ2) is 11.8. The number of nitrogens with one attached hydrogen (secondary N) is 5. The van der Waals surface area contributed by atoms with Crippen LogP contribution in [0, 0.1) is 0 Å². The van der Waals surface area contributed by atoms with Gasteiger partial charge in [0.25, 0.3) is 5.56 Å². The van der Waals surface area contributed by atoms with Crippen LogP contribution in [0.15, 0.2) is 63.8 Å². The quantitative estimate of drug-likeness (QED) is 0.276. The second-order valence-electron chi connectivity index (χ2n) is 8.86. The zero-order valence-corrected chi connectivity index (χ0v) is 19.2. The molecule has 1 aromatic carbocycles. The van der Waals surface area contributed by atoms with Crippen molar-refractivity contribution >= 4 is 5.69 Å². The van der Waals surface area contributed by atoms with Crippen LogP contribution in [-0.4, -0.2) is 46.4 Å². The first kappa shape index (κ1) is 24.0. The number of aliphatic hydroxyl groups is 1. The summed E-state index contributed by atoms with van der Waals surface area (Å²) in [4.78, 5) is 33.0. The molecule has 9 heteroatoms. The van der Waals surface area contributed by atoms with Crippen LogP contribution in [0.25, 0.3) is 0 Å². The standard InChI is InChI=1S/C25H33N5O4/c31-23(16-34-30-19-4-2-1-3-5-19)22-11-10-20(27-22)14-17-6-8-18(9-7-17)26-13-12-21-15-24(32)29-25(33)28-21/h2,4-9,15,20,22-23,26-27,30-31H,1,3,10-14,16H2,(H2,28,29,32,33)/t20-,22+,23?/m0/s1. The Balaban J connectivity index is 1.16. The number of benzene rings is 1. The summed E-state index contributed by atoms with van der Waals surface area (Å²) in [6.07, 6.45) is 11.1. The van der Waals surface area contributed by atoms with E-state index in [4.69, 9.17) is 4.84 Å². The molecule has 0 bridgehead atoms. The molecule has 1 unspecified atom stereocenters. The number of anilines is 1. The van der Waals surface area contributed by atoms with Crippen LogP contribution < -0.4 is 27.4 Å². The van der Waals surface area contributed by atoms with Gasteiger partial charge >= 0.3 is 5.69 Å². The summed E-state index contributed by atoms with van der Waals surface area (Å²) in [5.41, 5.74) is 5.79. The Hall–Kier alpha value is -3.14. The van der Waals surface area contributed by atoms with Gasteiger partial charge in [0.05, 0.1) is 11.8 Å². The molecule has 2 aliphatic rings. The molecule has 6 N–H and O–H groups in total. The summed E-state index contributed by atoms with van der Waals surface area (Å²) in [6, 6.07) is 10.0. The number of aromatic amines is 2. The van der Waals surface area contributed by atoms with Gasteiger partial charge in [0.2, 0.25) is 0 Å². The highest BCUT2D eigenvalue weighted by atomic mass is 16.6. The fraction of sp³-hybridized carbons (Fsp3) is 0.440. The number of allylic oxidation sites excluding steroid dienone is 3. The van der Waals surface area contributed by atoms with Crippen molar-refractivity contribution in [2.75, 3.05) is 18.5 Å². The van der Waals surface area contributed by atoms with E-state index in [0.29, 0.717) is 24.7 Å².